The monoisotopic (exact) mass is 315 g/mol. The first-order valence-corrected chi connectivity index (χ1v) is 8.55. The molecule has 0 spiro atoms. The maximum Gasteiger partial charge on any atom is 0.245 e. The van der Waals surface area contributed by atoms with E-state index in [0.717, 1.165) is 49.5 Å². The summed E-state index contributed by atoms with van der Waals surface area (Å²) in [6.07, 6.45) is 7.15. The second-order valence-electron chi connectivity index (χ2n) is 7.39. The topological polar surface area (TPSA) is 85.8 Å². The van der Waals surface area contributed by atoms with Crippen molar-refractivity contribution < 1.29 is 4.52 Å². The minimum atomic E-state index is -0.0131. The van der Waals surface area contributed by atoms with Crippen LogP contribution in [0, 0.1) is 11.8 Å². The smallest absolute Gasteiger partial charge is 0.245 e. The third-order valence-corrected chi connectivity index (χ3v) is 5.81. The second kappa shape index (κ2) is 4.75. The molecule has 3 fully saturated rings. The highest BCUT2D eigenvalue weighted by atomic mass is 16.5. The third-order valence-electron chi connectivity index (χ3n) is 5.81. The van der Waals surface area contributed by atoms with E-state index in [4.69, 9.17) is 9.51 Å². The summed E-state index contributed by atoms with van der Waals surface area (Å²) in [5.41, 5.74) is -0.0131. The van der Waals surface area contributed by atoms with Crippen LogP contribution in [0.3, 0.4) is 0 Å². The zero-order valence-corrected chi connectivity index (χ0v) is 13.4. The van der Waals surface area contributed by atoms with E-state index in [2.05, 4.69) is 25.6 Å². The first kappa shape index (κ1) is 13.4. The van der Waals surface area contributed by atoms with Crippen molar-refractivity contribution in [1.29, 1.82) is 0 Å². The molecule has 1 aliphatic heterocycles. The van der Waals surface area contributed by atoms with Gasteiger partial charge in [-0.3, -0.25) is 0 Å². The van der Waals surface area contributed by atoms with E-state index in [1.54, 1.807) is 4.68 Å². The van der Waals surface area contributed by atoms with Crippen LogP contribution in [0.5, 0.6) is 0 Å². The number of fused-ring (bicyclic) bond motifs is 1. The Morgan fingerprint density at radius 3 is 3.00 bits per heavy atom. The largest absolute Gasteiger partial charge is 0.339 e. The number of anilines is 1. The summed E-state index contributed by atoms with van der Waals surface area (Å²) >= 11 is 0. The van der Waals surface area contributed by atoms with E-state index in [9.17, 15) is 0 Å². The van der Waals surface area contributed by atoms with Crippen LogP contribution in [0.2, 0.25) is 0 Å². The molecule has 3 aliphatic rings. The number of tetrazole rings is 1. The Balaban J connectivity index is 1.44. The van der Waals surface area contributed by atoms with Crippen molar-refractivity contribution in [2.75, 3.05) is 18.0 Å². The summed E-state index contributed by atoms with van der Waals surface area (Å²) in [5.74, 6) is 3.89. The molecule has 0 radical (unpaired) electrons. The lowest BCUT2D eigenvalue weighted by molar-refractivity contribution is 0.265. The summed E-state index contributed by atoms with van der Waals surface area (Å²) in [4.78, 5) is 7.05. The number of hydrogen-bond acceptors (Lipinski definition) is 7. The molecular formula is C15H21N7O. The Morgan fingerprint density at radius 2 is 2.22 bits per heavy atom. The van der Waals surface area contributed by atoms with E-state index in [-0.39, 0.29) is 5.41 Å². The molecule has 8 heteroatoms. The minimum absolute atomic E-state index is 0.0131. The van der Waals surface area contributed by atoms with Gasteiger partial charge >= 0.3 is 0 Å². The van der Waals surface area contributed by atoms with Gasteiger partial charge in [0.25, 0.3) is 0 Å². The molecule has 0 unspecified atom stereocenters. The number of aromatic nitrogens is 6. The molecular weight excluding hydrogens is 294 g/mol. The SMILES string of the molecule is Cn1nnnc1N1C[C@H]2CCC[C@@]2(c2nc(CC3CC3)no2)C1. The number of aryl methyl sites for hydroxylation is 1. The molecule has 2 aliphatic carbocycles. The van der Waals surface area contributed by atoms with Crippen LogP contribution in [0.15, 0.2) is 4.52 Å². The molecule has 2 aromatic heterocycles. The van der Waals surface area contributed by atoms with Crippen LogP contribution in [0.25, 0.3) is 0 Å². The van der Waals surface area contributed by atoms with Crippen molar-refractivity contribution in [2.24, 2.45) is 18.9 Å². The van der Waals surface area contributed by atoms with Gasteiger partial charge in [0.2, 0.25) is 11.8 Å². The van der Waals surface area contributed by atoms with Crippen LogP contribution in [0.4, 0.5) is 5.95 Å². The third kappa shape index (κ3) is 2.07. The van der Waals surface area contributed by atoms with Gasteiger partial charge in [-0.25, -0.2) is 4.68 Å². The molecule has 3 heterocycles. The fourth-order valence-electron chi connectivity index (χ4n) is 4.40. The lowest BCUT2D eigenvalue weighted by Gasteiger charge is -2.24. The molecule has 8 nitrogen and oxygen atoms in total. The molecule has 1 saturated heterocycles. The van der Waals surface area contributed by atoms with Crippen LogP contribution in [-0.2, 0) is 18.9 Å². The Hall–Kier alpha value is -1.99. The lowest BCUT2D eigenvalue weighted by atomic mass is 9.80. The molecule has 122 valence electrons. The highest BCUT2D eigenvalue weighted by Crippen LogP contribution is 2.50. The highest BCUT2D eigenvalue weighted by molar-refractivity contribution is 5.37. The minimum Gasteiger partial charge on any atom is -0.339 e. The van der Waals surface area contributed by atoms with Crippen LogP contribution in [-0.4, -0.2) is 43.4 Å². The zero-order chi connectivity index (χ0) is 15.4. The summed E-state index contributed by atoms with van der Waals surface area (Å²) in [5, 5.41) is 16.1. The lowest BCUT2D eigenvalue weighted by Crippen LogP contribution is -2.33. The van der Waals surface area contributed by atoms with Crippen LogP contribution in [0.1, 0.15) is 43.8 Å². The van der Waals surface area contributed by atoms with Crippen molar-refractivity contribution in [1.82, 2.24) is 30.3 Å². The van der Waals surface area contributed by atoms with Gasteiger partial charge in [0.05, 0.1) is 5.41 Å². The van der Waals surface area contributed by atoms with E-state index in [1.165, 1.54) is 25.7 Å². The standard InChI is InChI=1S/C15H21N7O/c1-21-14(17-19-20-21)22-8-11-3-2-6-15(11,9-22)13-16-12(18-23-13)7-10-4-5-10/h10-11H,2-9H2,1H3/t11-,15-/m1/s1. The fraction of sp³-hybridized carbons (Fsp3) is 0.800. The van der Waals surface area contributed by atoms with Gasteiger partial charge in [-0.2, -0.15) is 4.98 Å². The average molecular weight is 315 g/mol. The Morgan fingerprint density at radius 1 is 1.30 bits per heavy atom. The van der Waals surface area contributed by atoms with Crippen molar-refractivity contribution in [3.05, 3.63) is 11.7 Å². The molecule has 5 rings (SSSR count). The van der Waals surface area contributed by atoms with E-state index < -0.39 is 0 Å². The normalized spacial score (nSPS) is 30.1. The number of hydrogen-bond donors (Lipinski definition) is 0. The van der Waals surface area contributed by atoms with Gasteiger partial charge in [-0.1, -0.05) is 16.7 Å². The molecule has 2 aromatic rings. The first-order valence-electron chi connectivity index (χ1n) is 8.55. The Labute approximate surface area is 134 Å². The van der Waals surface area contributed by atoms with Gasteiger partial charge in [0, 0.05) is 26.6 Å². The van der Waals surface area contributed by atoms with E-state index in [1.807, 2.05) is 7.05 Å². The van der Waals surface area contributed by atoms with E-state index >= 15 is 0 Å². The molecule has 0 bridgehead atoms. The molecule has 0 N–H and O–H groups in total. The predicted molar refractivity (Wildman–Crippen MR) is 80.8 cm³/mol. The number of rotatable bonds is 4. The van der Waals surface area contributed by atoms with Gasteiger partial charge in [-0.05, 0) is 47.9 Å². The van der Waals surface area contributed by atoms with Gasteiger partial charge in [0.1, 0.15) is 0 Å². The quantitative estimate of drug-likeness (QED) is 0.835. The van der Waals surface area contributed by atoms with Crippen molar-refractivity contribution >= 4 is 5.95 Å². The summed E-state index contributed by atoms with van der Waals surface area (Å²) in [7, 11) is 1.89. The average Bonchev–Trinajstić information content (AvgIpc) is 2.91. The van der Waals surface area contributed by atoms with E-state index in [0.29, 0.717) is 5.92 Å². The first-order chi connectivity index (χ1) is 11.2. The number of nitrogens with zero attached hydrogens (tertiary/aromatic N) is 7. The van der Waals surface area contributed by atoms with Gasteiger partial charge in [-0.15, -0.1) is 0 Å². The molecule has 0 aromatic carbocycles. The molecule has 2 atom stereocenters. The summed E-state index contributed by atoms with van der Waals surface area (Å²) in [6, 6.07) is 0. The maximum atomic E-state index is 5.73. The van der Waals surface area contributed by atoms with Crippen molar-refractivity contribution in [3.8, 4) is 0 Å². The molecule has 23 heavy (non-hydrogen) atoms. The highest BCUT2D eigenvalue weighted by Gasteiger charge is 2.55. The molecule has 2 saturated carbocycles. The molecule has 0 amide bonds. The zero-order valence-electron chi connectivity index (χ0n) is 13.4. The van der Waals surface area contributed by atoms with Crippen molar-refractivity contribution in [3.63, 3.8) is 0 Å². The maximum absolute atomic E-state index is 5.73. The summed E-state index contributed by atoms with van der Waals surface area (Å²) < 4.78 is 7.47. The fourth-order valence-corrected chi connectivity index (χ4v) is 4.40. The van der Waals surface area contributed by atoms with Gasteiger partial charge < -0.3 is 9.42 Å². The predicted octanol–water partition coefficient (Wildman–Crippen LogP) is 1.10. The summed E-state index contributed by atoms with van der Waals surface area (Å²) in [6.45, 7) is 1.84. The second-order valence-corrected chi connectivity index (χ2v) is 7.39. The van der Waals surface area contributed by atoms with Crippen molar-refractivity contribution in [2.45, 2.75) is 43.9 Å². The Kier molecular flexibility index (Phi) is 2.78. The Bertz CT molecular complexity index is 721. The van der Waals surface area contributed by atoms with Crippen LogP contribution < -0.4 is 4.90 Å². The van der Waals surface area contributed by atoms with Crippen LogP contribution >= 0.6 is 0 Å². The van der Waals surface area contributed by atoms with Gasteiger partial charge in [0.15, 0.2) is 5.82 Å².